The van der Waals surface area contributed by atoms with Crippen LogP contribution in [0.3, 0.4) is 0 Å². The fraction of sp³-hybridized carbons (Fsp3) is 0.200. The van der Waals surface area contributed by atoms with Crippen molar-refractivity contribution in [2.75, 3.05) is 0 Å². The Morgan fingerprint density at radius 2 is 2.18 bits per heavy atom. The average Bonchev–Trinajstić information content (AvgIpc) is 2.66. The molecule has 1 aromatic heterocycles. The van der Waals surface area contributed by atoms with Crippen LogP contribution in [-0.4, -0.2) is 20.1 Å². The Kier molecular flexibility index (Phi) is 3.10. The van der Waals surface area contributed by atoms with Crippen molar-refractivity contribution in [1.29, 1.82) is 0 Å². The monoisotopic (exact) mass is 250 g/mol. The second kappa shape index (κ2) is 4.54. The maximum atomic E-state index is 10.9. The van der Waals surface area contributed by atoms with Crippen molar-refractivity contribution < 1.29 is 4.92 Å². The maximum Gasteiger partial charge on any atom is 0.283 e. The van der Waals surface area contributed by atoms with Crippen molar-refractivity contribution in [3.8, 4) is 0 Å². The van der Waals surface area contributed by atoms with E-state index in [0.29, 0.717) is 15.9 Å². The highest BCUT2D eigenvalue weighted by Crippen LogP contribution is 2.33. The summed E-state index contributed by atoms with van der Waals surface area (Å²) >= 11 is 1.18. The van der Waals surface area contributed by atoms with E-state index in [-0.39, 0.29) is 5.69 Å². The number of nitro benzene ring substituents is 1. The van der Waals surface area contributed by atoms with Crippen LogP contribution in [0.5, 0.6) is 0 Å². The summed E-state index contributed by atoms with van der Waals surface area (Å²) in [6.45, 7) is 3.60. The molecule has 0 aliphatic heterocycles. The predicted molar refractivity (Wildman–Crippen MR) is 63.1 cm³/mol. The van der Waals surface area contributed by atoms with Crippen molar-refractivity contribution in [2.45, 2.75) is 23.9 Å². The van der Waals surface area contributed by atoms with Crippen LogP contribution in [0.2, 0.25) is 0 Å². The first-order valence-corrected chi connectivity index (χ1v) is 5.70. The Morgan fingerprint density at radius 3 is 2.76 bits per heavy atom. The zero-order valence-corrected chi connectivity index (χ0v) is 10.1. The number of nitrogens with zero attached hydrogens (tertiary/aromatic N) is 3. The molecule has 0 bridgehead atoms. The number of nitro groups is 1. The minimum atomic E-state index is -0.394. The average molecular weight is 250 g/mol. The molecule has 0 aliphatic rings. The van der Waals surface area contributed by atoms with Gasteiger partial charge in [-0.2, -0.15) is 0 Å². The summed E-state index contributed by atoms with van der Waals surface area (Å²) in [4.78, 5) is 15.2. The van der Waals surface area contributed by atoms with Crippen LogP contribution in [0.4, 0.5) is 5.69 Å². The first-order valence-electron chi connectivity index (χ1n) is 4.88. The van der Waals surface area contributed by atoms with Gasteiger partial charge in [-0.1, -0.05) is 6.07 Å². The summed E-state index contributed by atoms with van der Waals surface area (Å²) in [5, 5.41) is 18.0. The molecule has 1 aromatic carbocycles. The molecule has 0 atom stereocenters. The Morgan fingerprint density at radius 1 is 1.41 bits per heavy atom. The summed E-state index contributed by atoms with van der Waals surface area (Å²) in [6.07, 6.45) is 0. The van der Waals surface area contributed by atoms with Gasteiger partial charge in [0.05, 0.1) is 9.82 Å². The number of rotatable bonds is 3. The summed E-state index contributed by atoms with van der Waals surface area (Å²) in [5.41, 5.74) is 0.935. The van der Waals surface area contributed by atoms with E-state index in [9.17, 15) is 10.1 Å². The van der Waals surface area contributed by atoms with Gasteiger partial charge in [0.1, 0.15) is 5.82 Å². The number of nitrogens with one attached hydrogen (secondary N) is 1. The second-order valence-corrected chi connectivity index (χ2v) is 4.54. The lowest BCUT2D eigenvalue weighted by Gasteiger charge is -2.00. The molecule has 88 valence electrons. The second-order valence-electron chi connectivity index (χ2n) is 3.53. The number of hydrogen-bond donors (Lipinski definition) is 1. The van der Waals surface area contributed by atoms with Crippen molar-refractivity contribution in [1.82, 2.24) is 15.2 Å². The fourth-order valence-electron chi connectivity index (χ4n) is 1.32. The quantitative estimate of drug-likeness (QED) is 0.668. The molecule has 0 fully saturated rings. The number of H-pyrrole nitrogens is 1. The highest BCUT2D eigenvalue weighted by atomic mass is 32.2. The molecular formula is C10H10N4O2S. The molecule has 0 radical (unpaired) electrons. The lowest BCUT2D eigenvalue weighted by molar-refractivity contribution is -0.387. The fourth-order valence-corrected chi connectivity index (χ4v) is 2.17. The van der Waals surface area contributed by atoms with Crippen LogP contribution >= 0.6 is 11.8 Å². The van der Waals surface area contributed by atoms with Gasteiger partial charge in [0.15, 0.2) is 0 Å². The Hall–Kier alpha value is -1.89. The third-order valence-electron chi connectivity index (χ3n) is 2.09. The molecule has 0 amide bonds. The summed E-state index contributed by atoms with van der Waals surface area (Å²) in [6, 6.07) is 5.08. The molecule has 17 heavy (non-hydrogen) atoms. The molecule has 0 spiro atoms. The van der Waals surface area contributed by atoms with E-state index in [0.717, 1.165) is 5.56 Å². The number of aromatic nitrogens is 3. The van der Waals surface area contributed by atoms with Gasteiger partial charge in [-0.15, -0.1) is 5.10 Å². The molecule has 0 aliphatic carbocycles. The van der Waals surface area contributed by atoms with Gasteiger partial charge in [0.25, 0.3) is 5.69 Å². The SMILES string of the molecule is Cc1ccc(Sc2n[nH]c(C)n2)c([N+](=O)[O-])c1. The van der Waals surface area contributed by atoms with E-state index in [1.807, 2.05) is 13.0 Å². The Balaban J connectivity index is 2.35. The first kappa shape index (κ1) is 11.6. The minimum Gasteiger partial charge on any atom is -0.262 e. The Bertz CT molecular complexity index is 567. The van der Waals surface area contributed by atoms with Crippen molar-refractivity contribution in [3.05, 3.63) is 39.7 Å². The predicted octanol–water partition coefficient (Wildman–Crippen LogP) is 2.48. The molecule has 0 saturated heterocycles. The van der Waals surface area contributed by atoms with Crippen LogP contribution in [0, 0.1) is 24.0 Å². The van der Waals surface area contributed by atoms with Crippen LogP contribution in [0.15, 0.2) is 28.3 Å². The number of aromatic amines is 1. The molecule has 7 heteroatoms. The molecule has 0 unspecified atom stereocenters. The van der Waals surface area contributed by atoms with Gasteiger partial charge in [-0.25, -0.2) is 4.98 Å². The van der Waals surface area contributed by atoms with Gasteiger partial charge in [0, 0.05) is 6.07 Å². The van der Waals surface area contributed by atoms with Gasteiger partial charge in [0.2, 0.25) is 5.16 Å². The van der Waals surface area contributed by atoms with Crippen LogP contribution < -0.4 is 0 Å². The lowest BCUT2D eigenvalue weighted by atomic mass is 10.2. The molecule has 0 saturated carbocycles. The number of aryl methyl sites for hydroxylation is 2. The van der Waals surface area contributed by atoms with Gasteiger partial charge in [-0.3, -0.25) is 15.2 Å². The molecule has 1 heterocycles. The van der Waals surface area contributed by atoms with Crippen LogP contribution in [0.25, 0.3) is 0 Å². The largest absolute Gasteiger partial charge is 0.283 e. The highest BCUT2D eigenvalue weighted by molar-refractivity contribution is 7.99. The van der Waals surface area contributed by atoms with E-state index in [1.165, 1.54) is 11.8 Å². The van der Waals surface area contributed by atoms with Crippen molar-refractivity contribution in [2.24, 2.45) is 0 Å². The van der Waals surface area contributed by atoms with Gasteiger partial charge in [-0.05, 0) is 37.2 Å². The smallest absolute Gasteiger partial charge is 0.262 e. The van der Waals surface area contributed by atoms with Crippen LogP contribution in [-0.2, 0) is 0 Å². The van der Waals surface area contributed by atoms with Crippen molar-refractivity contribution >= 4 is 17.4 Å². The Labute approximate surface area is 102 Å². The normalized spacial score (nSPS) is 10.5. The molecular weight excluding hydrogens is 240 g/mol. The molecule has 2 rings (SSSR count). The number of benzene rings is 1. The summed E-state index contributed by atoms with van der Waals surface area (Å²) in [5.74, 6) is 0.683. The minimum absolute atomic E-state index is 0.0810. The number of hydrogen-bond acceptors (Lipinski definition) is 5. The highest BCUT2D eigenvalue weighted by Gasteiger charge is 2.16. The van der Waals surface area contributed by atoms with Crippen molar-refractivity contribution in [3.63, 3.8) is 0 Å². The lowest BCUT2D eigenvalue weighted by Crippen LogP contribution is -1.92. The molecule has 1 N–H and O–H groups in total. The molecule has 6 nitrogen and oxygen atoms in total. The summed E-state index contributed by atoms with van der Waals surface area (Å²) in [7, 11) is 0. The van der Waals surface area contributed by atoms with Crippen LogP contribution in [0.1, 0.15) is 11.4 Å². The summed E-state index contributed by atoms with van der Waals surface area (Å²) < 4.78 is 0. The van der Waals surface area contributed by atoms with E-state index in [4.69, 9.17) is 0 Å². The first-order chi connectivity index (χ1) is 8.06. The molecule has 2 aromatic rings. The maximum absolute atomic E-state index is 10.9. The van der Waals surface area contributed by atoms with E-state index in [2.05, 4.69) is 15.2 Å². The van der Waals surface area contributed by atoms with E-state index in [1.54, 1.807) is 19.1 Å². The van der Waals surface area contributed by atoms with E-state index >= 15 is 0 Å². The third-order valence-corrected chi connectivity index (χ3v) is 3.02. The van der Waals surface area contributed by atoms with Gasteiger partial charge < -0.3 is 0 Å². The third kappa shape index (κ3) is 2.62. The zero-order chi connectivity index (χ0) is 12.4. The zero-order valence-electron chi connectivity index (χ0n) is 9.30. The topological polar surface area (TPSA) is 84.7 Å². The van der Waals surface area contributed by atoms with Gasteiger partial charge >= 0.3 is 0 Å². The van der Waals surface area contributed by atoms with E-state index < -0.39 is 4.92 Å². The standard InChI is InChI=1S/C10H10N4O2S/c1-6-3-4-9(8(5-6)14(15)16)17-10-11-7(2)12-13-10/h3-5H,1-2H3,(H,11,12,13).